The van der Waals surface area contributed by atoms with E-state index in [2.05, 4.69) is 30.4 Å². The average Bonchev–Trinajstić information content (AvgIpc) is 3.06. The number of carbonyl (C=O) groups excluding carboxylic acids is 1. The monoisotopic (exact) mass is 366 g/mol. The van der Waals surface area contributed by atoms with Gasteiger partial charge in [-0.2, -0.15) is 4.98 Å². The van der Waals surface area contributed by atoms with Crippen LogP contribution in [0.1, 0.15) is 40.5 Å². The van der Waals surface area contributed by atoms with Crippen LogP contribution in [-0.4, -0.2) is 59.5 Å². The second-order valence-electron chi connectivity index (χ2n) is 6.94. The molecule has 1 amide bonds. The lowest BCUT2D eigenvalue weighted by Gasteiger charge is -2.31. The van der Waals surface area contributed by atoms with E-state index in [0.717, 1.165) is 35.7 Å². The van der Waals surface area contributed by atoms with Crippen molar-refractivity contribution in [1.82, 2.24) is 34.4 Å². The number of aromatic nitrogens is 6. The molecule has 0 atom stereocenters. The molecule has 1 N–H and O–H groups in total. The molecular weight excluding hydrogens is 344 g/mol. The molecule has 9 heteroatoms. The van der Waals surface area contributed by atoms with Crippen molar-refractivity contribution in [2.45, 2.75) is 39.7 Å². The molecule has 0 unspecified atom stereocenters. The van der Waals surface area contributed by atoms with Crippen molar-refractivity contribution in [3.05, 3.63) is 41.4 Å². The van der Waals surface area contributed by atoms with Gasteiger partial charge in [0.15, 0.2) is 0 Å². The Bertz CT molecular complexity index is 990. The van der Waals surface area contributed by atoms with Crippen molar-refractivity contribution in [3.8, 4) is 0 Å². The maximum Gasteiger partial charge on any atom is 0.293 e. The molecule has 3 aromatic rings. The number of piperidine rings is 1. The number of carbonyl (C=O) groups is 1. The van der Waals surface area contributed by atoms with E-state index < -0.39 is 0 Å². The van der Waals surface area contributed by atoms with Gasteiger partial charge in [0, 0.05) is 42.3 Å². The van der Waals surface area contributed by atoms with Gasteiger partial charge in [-0.25, -0.2) is 19.5 Å². The zero-order valence-corrected chi connectivity index (χ0v) is 15.7. The number of fused-ring (bicyclic) bond motifs is 1. The first-order valence-electron chi connectivity index (χ1n) is 9.05. The van der Waals surface area contributed by atoms with Crippen LogP contribution in [0.25, 0.3) is 5.78 Å². The summed E-state index contributed by atoms with van der Waals surface area (Å²) in [5.74, 6) is 1.35. The van der Waals surface area contributed by atoms with Gasteiger partial charge in [-0.1, -0.05) is 0 Å². The fraction of sp³-hybridized carbons (Fsp3) is 0.444. The van der Waals surface area contributed by atoms with Gasteiger partial charge < -0.3 is 10.2 Å². The summed E-state index contributed by atoms with van der Waals surface area (Å²) in [4.78, 5) is 31.6. The molecule has 1 aliphatic rings. The number of amides is 1. The average molecular weight is 366 g/mol. The molecule has 4 heterocycles. The maximum atomic E-state index is 12.8. The first-order chi connectivity index (χ1) is 13.0. The molecule has 0 aliphatic carbocycles. The first-order valence-corrected chi connectivity index (χ1v) is 9.05. The highest BCUT2D eigenvalue weighted by atomic mass is 16.2. The molecule has 1 saturated heterocycles. The van der Waals surface area contributed by atoms with Gasteiger partial charge in [0.2, 0.25) is 5.82 Å². The van der Waals surface area contributed by atoms with Gasteiger partial charge in [0.1, 0.15) is 12.1 Å². The molecule has 0 bridgehead atoms. The van der Waals surface area contributed by atoms with Crippen molar-refractivity contribution in [2.75, 3.05) is 18.4 Å². The Morgan fingerprint density at radius 3 is 2.59 bits per heavy atom. The summed E-state index contributed by atoms with van der Waals surface area (Å²) in [5, 5.41) is 7.77. The first kappa shape index (κ1) is 17.3. The fourth-order valence-corrected chi connectivity index (χ4v) is 3.37. The number of nitrogens with one attached hydrogen (secondary N) is 1. The van der Waals surface area contributed by atoms with E-state index in [1.165, 1.54) is 0 Å². The van der Waals surface area contributed by atoms with Gasteiger partial charge in [-0.3, -0.25) is 4.79 Å². The molecule has 1 fully saturated rings. The Labute approximate surface area is 156 Å². The zero-order chi connectivity index (χ0) is 19.0. The van der Waals surface area contributed by atoms with Gasteiger partial charge in [0.05, 0.1) is 0 Å². The van der Waals surface area contributed by atoms with Crippen molar-refractivity contribution in [1.29, 1.82) is 0 Å². The highest BCUT2D eigenvalue weighted by Crippen LogP contribution is 2.17. The molecule has 3 aromatic heterocycles. The van der Waals surface area contributed by atoms with Crippen LogP contribution in [0, 0.1) is 20.8 Å². The predicted molar refractivity (Wildman–Crippen MR) is 99.6 cm³/mol. The minimum atomic E-state index is -0.145. The van der Waals surface area contributed by atoms with Crippen molar-refractivity contribution in [2.24, 2.45) is 0 Å². The minimum absolute atomic E-state index is 0.145. The Hall–Kier alpha value is -3.10. The number of likely N-dealkylation sites (tertiary alicyclic amines) is 1. The van der Waals surface area contributed by atoms with Gasteiger partial charge in [0.25, 0.3) is 11.7 Å². The summed E-state index contributed by atoms with van der Waals surface area (Å²) in [6, 6.07) is 4.13. The van der Waals surface area contributed by atoms with Crippen LogP contribution >= 0.6 is 0 Å². The summed E-state index contributed by atoms with van der Waals surface area (Å²) < 4.78 is 1.62. The van der Waals surface area contributed by atoms with Gasteiger partial charge in [-0.05, 0) is 39.7 Å². The topological polar surface area (TPSA) is 101 Å². The largest absolute Gasteiger partial charge is 0.367 e. The highest BCUT2D eigenvalue weighted by molar-refractivity contribution is 5.91. The van der Waals surface area contributed by atoms with E-state index in [0.29, 0.717) is 18.9 Å². The second-order valence-corrected chi connectivity index (χ2v) is 6.94. The molecular formula is C18H22N8O. The van der Waals surface area contributed by atoms with E-state index in [9.17, 15) is 4.79 Å². The number of nitrogens with zero attached hydrogens (tertiary/aromatic N) is 7. The summed E-state index contributed by atoms with van der Waals surface area (Å²) in [7, 11) is 0. The van der Waals surface area contributed by atoms with Crippen LogP contribution in [-0.2, 0) is 0 Å². The van der Waals surface area contributed by atoms with Crippen LogP contribution in [0.15, 0.2) is 18.5 Å². The van der Waals surface area contributed by atoms with Crippen LogP contribution in [0.4, 0.5) is 5.82 Å². The van der Waals surface area contributed by atoms with Crippen LogP contribution in [0.3, 0.4) is 0 Å². The highest BCUT2D eigenvalue weighted by Gasteiger charge is 2.26. The van der Waals surface area contributed by atoms with Crippen LogP contribution < -0.4 is 5.32 Å². The van der Waals surface area contributed by atoms with E-state index in [-0.39, 0.29) is 17.8 Å². The quantitative estimate of drug-likeness (QED) is 0.750. The number of aryl methyl sites for hydroxylation is 3. The molecule has 140 valence electrons. The van der Waals surface area contributed by atoms with Gasteiger partial charge in [-0.15, -0.1) is 5.10 Å². The van der Waals surface area contributed by atoms with E-state index in [1.807, 2.05) is 32.9 Å². The Balaban J connectivity index is 1.42. The SMILES string of the molecule is Cc1cc(NC2CCN(C(=O)c3nc4nc(C)cc(C)n4n3)CC2)ncn1. The zero-order valence-electron chi connectivity index (χ0n) is 15.7. The second kappa shape index (κ2) is 6.90. The number of rotatable bonds is 3. The molecule has 0 aromatic carbocycles. The molecule has 0 radical (unpaired) electrons. The fourth-order valence-electron chi connectivity index (χ4n) is 3.37. The standard InChI is InChI=1S/C18H22N8O/c1-11-9-15(20-10-19-11)22-14-4-6-25(7-5-14)17(27)16-23-18-21-12(2)8-13(3)26(18)24-16/h8-10,14H,4-7H2,1-3H3,(H,19,20,22). The number of hydrogen-bond acceptors (Lipinski definition) is 7. The third-order valence-electron chi connectivity index (χ3n) is 4.75. The number of hydrogen-bond donors (Lipinski definition) is 1. The molecule has 4 rings (SSSR count). The normalized spacial score (nSPS) is 15.3. The smallest absolute Gasteiger partial charge is 0.293 e. The van der Waals surface area contributed by atoms with Crippen LogP contribution in [0.2, 0.25) is 0 Å². The molecule has 1 aliphatic heterocycles. The van der Waals surface area contributed by atoms with Crippen molar-refractivity contribution < 1.29 is 4.79 Å². The molecule has 27 heavy (non-hydrogen) atoms. The van der Waals surface area contributed by atoms with Crippen molar-refractivity contribution in [3.63, 3.8) is 0 Å². The predicted octanol–water partition coefficient (Wildman–Crippen LogP) is 1.56. The third kappa shape index (κ3) is 3.57. The lowest BCUT2D eigenvalue weighted by Crippen LogP contribution is -2.42. The van der Waals surface area contributed by atoms with E-state index >= 15 is 0 Å². The third-order valence-corrected chi connectivity index (χ3v) is 4.75. The molecule has 9 nitrogen and oxygen atoms in total. The summed E-state index contributed by atoms with van der Waals surface area (Å²) >= 11 is 0. The summed E-state index contributed by atoms with van der Waals surface area (Å²) in [6.07, 6.45) is 3.25. The van der Waals surface area contributed by atoms with E-state index in [1.54, 1.807) is 15.7 Å². The summed E-state index contributed by atoms with van der Waals surface area (Å²) in [6.45, 7) is 7.08. The maximum absolute atomic E-state index is 12.8. The Morgan fingerprint density at radius 1 is 1.07 bits per heavy atom. The van der Waals surface area contributed by atoms with Crippen LogP contribution in [0.5, 0.6) is 0 Å². The lowest BCUT2D eigenvalue weighted by atomic mass is 10.0. The van der Waals surface area contributed by atoms with Crippen molar-refractivity contribution >= 4 is 17.5 Å². The summed E-state index contributed by atoms with van der Waals surface area (Å²) in [5.41, 5.74) is 2.70. The van der Waals surface area contributed by atoms with Gasteiger partial charge >= 0.3 is 0 Å². The minimum Gasteiger partial charge on any atom is -0.367 e. The molecule has 0 spiro atoms. The molecule has 0 saturated carbocycles. The lowest BCUT2D eigenvalue weighted by molar-refractivity contribution is 0.0706. The Kier molecular flexibility index (Phi) is 4.43. The Morgan fingerprint density at radius 2 is 1.85 bits per heavy atom. The number of anilines is 1. The van der Waals surface area contributed by atoms with E-state index in [4.69, 9.17) is 0 Å².